The third-order valence-electron chi connectivity index (χ3n) is 2.64. The zero-order valence-corrected chi connectivity index (χ0v) is 10.00. The highest BCUT2D eigenvalue weighted by molar-refractivity contribution is 7.12. The lowest BCUT2D eigenvalue weighted by Gasteiger charge is -2.13. The molecule has 16 heavy (non-hydrogen) atoms. The zero-order chi connectivity index (χ0) is 11.5. The molecular weight excluding hydrogens is 218 g/mol. The molecule has 0 fully saturated rings. The van der Waals surface area contributed by atoms with Crippen LogP contribution in [0.2, 0.25) is 0 Å². The number of aryl methyl sites for hydroxylation is 1. The van der Waals surface area contributed by atoms with Crippen LogP contribution in [-0.2, 0) is 0 Å². The molecule has 0 amide bonds. The van der Waals surface area contributed by atoms with Gasteiger partial charge in [-0.15, -0.1) is 11.3 Å². The quantitative estimate of drug-likeness (QED) is 0.856. The first kappa shape index (κ1) is 11.2. The highest BCUT2D eigenvalue weighted by Crippen LogP contribution is 2.30. The van der Waals surface area contributed by atoms with Gasteiger partial charge in [0.25, 0.3) is 0 Å². The summed E-state index contributed by atoms with van der Waals surface area (Å²) in [5, 5.41) is 9.26. The monoisotopic (exact) mass is 233 g/mol. The molecule has 0 aliphatic carbocycles. The van der Waals surface area contributed by atoms with Gasteiger partial charge in [0.15, 0.2) is 0 Å². The lowest BCUT2D eigenvalue weighted by Crippen LogP contribution is -2.12. The van der Waals surface area contributed by atoms with Crippen molar-refractivity contribution in [1.82, 2.24) is 0 Å². The molecule has 0 saturated carbocycles. The van der Waals surface area contributed by atoms with Gasteiger partial charge in [-0.1, -0.05) is 12.1 Å². The first-order valence-corrected chi connectivity index (χ1v) is 6.07. The van der Waals surface area contributed by atoms with Crippen LogP contribution in [0.1, 0.15) is 21.2 Å². The van der Waals surface area contributed by atoms with E-state index < -0.39 is 0 Å². The fourth-order valence-electron chi connectivity index (χ4n) is 1.76. The maximum Gasteiger partial charge on any atom is 0.115 e. The second kappa shape index (κ2) is 4.68. The van der Waals surface area contributed by atoms with Crippen LogP contribution in [0.25, 0.3) is 0 Å². The molecule has 3 N–H and O–H groups in total. The number of rotatable bonds is 3. The SMILES string of the molecule is Cc1ccc(C(CN)c2ccc(O)cc2)s1. The van der Waals surface area contributed by atoms with E-state index in [1.54, 1.807) is 23.5 Å². The molecule has 1 atom stereocenters. The van der Waals surface area contributed by atoms with E-state index in [0.717, 1.165) is 5.56 Å². The van der Waals surface area contributed by atoms with Crippen molar-refractivity contribution in [2.45, 2.75) is 12.8 Å². The Kier molecular flexibility index (Phi) is 3.27. The molecular formula is C13H15NOS. The molecule has 3 heteroatoms. The first-order valence-electron chi connectivity index (χ1n) is 5.26. The Morgan fingerprint density at radius 1 is 1.19 bits per heavy atom. The second-order valence-corrected chi connectivity index (χ2v) is 5.15. The lowest BCUT2D eigenvalue weighted by molar-refractivity contribution is 0.475. The molecule has 0 saturated heterocycles. The van der Waals surface area contributed by atoms with Crippen LogP contribution in [0.4, 0.5) is 0 Å². The molecule has 2 aromatic rings. The van der Waals surface area contributed by atoms with Crippen molar-refractivity contribution in [2.75, 3.05) is 6.54 Å². The molecule has 2 rings (SSSR count). The van der Waals surface area contributed by atoms with E-state index in [-0.39, 0.29) is 5.92 Å². The van der Waals surface area contributed by atoms with Crippen molar-refractivity contribution in [3.05, 3.63) is 51.7 Å². The van der Waals surface area contributed by atoms with Gasteiger partial charge >= 0.3 is 0 Å². The Hall–Kier alpha value is -1.32. The Morgan fingerprint density at radius 2 is 1.88 bits per heavy atom. The highest BCUT2D eigenvalue weighted by atomic mass is 32.1. The average molecular weight is 233 g/mol. The van der Waals surface area contributed by atoms with Gasteiger partial charge in [0.2, 0.25) is 0 Å². The third-order valence-corrected chi connectivity index (χ3v) is 3.75. The Labute approximate surface area is 99.4 Å². The van der Waals surface area contributed by atoms with Crippen LogP contribution in [0, 0.1) is 6.92 Å². The molecule has 1 unspecified atom stereocenters. The Balaban J connectivity index is 2.32. The number of aromatic hydroxyl groups is 1. The molecule has 1 aromatic heterocycles. The van der Waals surface area contributed by atoms with E-state index in [2.05, 4.69) is 19.1 Å². The molecule has 84 valence electrons. The minimum absolute atomic E-state index is 0.235. The van der Waals surface area contributed by atoms with Crippen LogP contribution in [0.15, 0.2) is 36.4 Å². The summed E-state index contributed by atoms with van der Waals surface area (Å²) in [6, 6.07) is 11.5. The fourth-order valence-corrected chi connectivity index (χ4v) is 2.78. The molecule has 0 bridgehead atoms. The summed E-state index contributed by atoms with van der Waals surface area (Å²) in [6.45, 7) is 2.68. The molecule has 0 spiro atoms. The van der Waals surface area contributed by atoms with Gasteiger partial charge in [-0.2, -0.15) is 0 Å². The minimum Gasteiger partial charge on any atom is -0.508 e. The molecule has 1 aromatic carbocycles. The number of hydrogen-bond donors (Lipinski definition) is 2. The molecule has 0 radical (unpaired) electrons. The van der Waals surface area contributed by atoms with E-state index in [1.165, 1.54) is 9.75 Å². The Bertz CT molecular complexity index is 461. The van der Waals surface area contributed by atoms with Gasteiger partial charge in [0.05, 0.1) is 0 Å². The number of phenols is 1. The van der Waals surface area contributed by atoms with Crippen molar-refractivity contribution in [3.63, 3.8) is 0 Å². The predicted molar refractivity (Wildman–Crippen MR) is 68.1 cm³/mol. The predicted octanol–water partition coefficient (Wildman–Crippen LogP) is 2.85. The van der Waals surface area contributed by atoms with Gasteiger partial charge < -0.3 is 10.8 Å². The summed E-state index contributed by atoms with van der Waals surface area (Å²) in [5.41, 5.74) is 6.98. The molecule has 0 aliphatic heterocycles. The zero-order valence-electron chi connectivity index (χ0n) is 9.18. The molecule has 2 nitrogen and oxygen atoms in total. The molecule has 1 heterocycles. The van der Waals surface area contributed by atoms with Crippen molar-refractivity contribution < 1.29 is 5.11 Å². The second-order valence-electron chi connectivity index (χ2n) is 3.83. The topological polar surface area (TPSA) is 46.2 Å². The summed E-state index contributed by atoms with van der Waals surface area (Å²) in [4.78, 5) is 2.58. The van der Waals surface area contributed by atoms with Gasteiger partial charge in [0, 0.05) is 22.2 Å². The van der Waals surface area contributed by atoms with Crippen LogP contribution in [0.5, 0.6) is 5.75 Å². The van der Waals surface area contributed by atoms with Crippen LogP contribution in [0.3, 0.4) is 0 Å². The third kappa shape index (κ3) is 2.26. The van der Waals surface area contributed by atoms with Gasteiger partial charge in [0.1, 0.15) is 5.75 Å². The maximum absolute atomic E-state index is 9.26. The summed E-state index contributed by atoms with van der Waals surface area (Å²) >= 11 is 1.78. The lowest BCUT2D eigenvalue weighted by atomic mass is 9.97. The van der Waals surface area contributed by atoms with E-state index >= 15 is 0 Å². The van der Waals surface area contributed by atoms with E-state index in [0.29, 0.717) is 12.3 Å². The van der Waals surface area contributed by atoms with E-state index in [9.17, 15) is 5.11 Å². The molecule has 0 aliphatic rings. The van der Waals surface area contributed by atoms with E-state index in [1.807, 2.05) is 12.1 Å². The number of hydrogen-bond acceptors (Lipinski definition) is 3. The number of thiophene rings is 1. The smallest absolute Gasteiger partial charge is 0.115 e. The largest absolute Gasteiger partial charge is 0.508 e. The van der Waals surface area contributed by atoms with Crippen LogP contribution < -0.4 is 5.73 Å². The highest BCUT2D eigenvalue weighted by Gasteiger charge is 2.13. The normalized spacial score (nSPS) is 12.6. The summed E-state index contributed by atoms with van der Waals surface area (Å²) < 4.78 is 0. The Morgan fingerprint density at radius 3 is 2.38 bits per heavy atom. The standard InChI is InChI=1S/C13H15NOS/c1-9-2-7-13(16-9)12(8-14)10-3-5-11(15)6-4-10/h2-7,12,15H,8,14H2,1H3. The number of phenolic OH excluding ortho intramolecular Hbond substituents is 1. The number of nitrogens with two attached hydrogens (primary N) is 1. The summed E-state index contributed by atoms with van der Waals surface area (Å²) in [6.07, 6.45) is 0. The van der Waals surface area contributed by atoms with Crippen molar-refractivity contribution >= 4 is 11.3 Å². The van der Waals surface area contributed by atoms with Gasteiger partial charge in [-0.05, 0) is 36.8 Å². The minimum atomic E-state index is 0.235. The fraction of sp³-hybridized carbons (Fsp3) is 0.231. The first-order chi connectivity index (χ1) is 7.70. The van der Waals surface area contributed by atoms with Gasteiger partial charge in [-0.25, -0.2) is 0 Å². The van der Waals surface area contributed by atoms with Crippen LogP contribution in [-0.4, -0.2) is 11.7 Å². The van der Waals surface area contributed by atoms with Crippen molar-refractivity contribution in [3.8, 4) is 5.75 Å². The van der Waals surface area contributed by atoms with E-state index in [4.69, 9.17) is 5.73 Å². The van der Waals surface area contributed by atoms with Crippen molar-refractivity contribution in [2.24, 2.45) is 5.73 Å². The maximum atomic E-state index is 9.26. The summed E-state index contributed by atoms with van der Waals surface area (Å²) in [7, 11) is 0. The summed E-state index contributed by atoms with van der Waals surface area (Å²) in [5.74, 6) is 0.529. The number of benzene rings is 1. The van der Waals surface area contributed by atoms with Crippen LogP contribution >= 0.6 is 11.3 Å². The average Bonchev–Trinajstić information content (AvgIpc) is 2.69. The van der Waals surface area contributed by atoms with Gasteiger partial charge in [-0.3, -0.25) is 0 Å². The van der Waals surface area contributed by atoms with Crippen molar-refractivity contribution in [1.29, 1.82) is 0 Å².